The van der Waals surface area contributed by atoms with Gasteiger partial charge in [0.25, 0.3) is 0 Å². The van der Waals surface area contributed by atoms with Crippen molar-refractivity contribution in [3.05, 3.63) is 0 Å². The van der Waals surface area contributed by atoms with Crippen LogP contribution < -0.4 is 11.1 Å². The van der Waals surface area contributed by atoms with Crippen molar-refractivity contribution in [1.82, 2.24) is 15.1 Å². The number of nitrogens with zero attached hydrogens (tertiary/aromatic N) is 2. The summed E-state index contributed by atoms with van der Waals surface area (Å²) in [6.07, 6.45) is 0. The fraction of sp³-hybridized carbons (Fsp3) is 0.900. The van der Waals surface area contributed by atoms with E-state index in [4.69, 9.17) is 5.73 Å². The summed E-state index contributed by atoms with van der Waals surface area (Å²) in [6.45, 7) is 9.02. The Labute approximate surface area is 104 Å². The highest BCUT2D eigenvalue weighted by atomic mass is 35.5. The Morgan fingerprint density at radius 1 is 1.38 bits per heavy atom. The van der Waals surface area contributed by atoms with Crippen molar-refractivity contribution in [1.29, 1.82) is 0 Å². The van der Waals surface area contributed by atoms with E-state index in [9.17, 15) is 4.79 Å². The number of hydrogen-bond donors (Lipinski definition) is 2. The molecule has 1 aliphatic rings. The summed E-state index contributed by atoms with van der Waals surface area (Å²) < 4.78 is 0. The lowest BCUT2D eigenvalue weighted by molar-refractivity contribution is 0.136. The SMILES string of the molecule is CCNC(=O)N1CCN(CC(C)N)CC1.Cl. The second-order valence-corrected chi connectivity index (χ2v) is 4.10. The molecule has 0 aromatic heterocycles. The summed E-state index contributed by atoms with van der Waals surface area (Å²) in [7, 11) is 0. The number of rotatable bonds is 3. The molecule has 0 bridgehead atoms. The van der Waals surface area contributed by atoms with Gasteiger partial charge in [0.1, 0.15) is 0 Å². The van der Waals surface area contributed by atoms with Crippen molar-refractivity contribution in [2.75, 3.05) is 39.3 Å². The molecule has 2 amide bonds. The molecule has 1 unspecified atom stereocenters. The second-order valence-electron chi connectivity index (χ2n) is 4.10. The molecule has 0 aliphatic carbocycles. The van der Waals surface area contributed by atoms with Gasteiger partial charge in [-0.2, -0.15) is 0 Å². The third-order valence-corrected chi connectivity index (χ3v) is 2.53. The van der Waals surface area contributed by atoms with E-state index in [0.29, 0.717) is 6.54 Å². The number of urea groups is 1. The number of hydrogen-bond acceptors (Lipinski definition) is 3. The molecule has 1 fully saturated rings. The molecule has 0 aromatic rings. The highest BCUT2D eigenvalue weighted by Gasteiger charge is 2.20. The van der Waals surface area contributed by atoms with Crippen LogP contribution >= 0.6 is 12.4 Å². The Bertz CT molecular complexity index is 205. The van der Waals surface area contributed by atoms with Gasteiger partial charge in [0.05, 0.1) is 0 Å². The van der Waals surface area contributed by atoms with Gasteiger partial charge < -0.3 is 16.0 Å². The maximum absolute atomic E-state index is 11.5. The average Bonchev–Trinajstić information content (AvgIpc) is 2.18. The Balaban J connectivity index is 0.00000225. The number of piperazine rings is 1. The smallest absolute Gasteiger partial charge is 0.317 e. The van der Waals surface area contributed by atoms with Crippen LogP contribution in [0.4, 0.5) is 4.79 Å². The first-order valence-electron chi connectivity index (χ1n) is 5.64. The number of carbonyl (C=O) groups is 1. The maximum atomic E-state index is 11.5. The standard InChI is InChI=1S/C10H22N4O.ClH/c1-3-12-10(15)14-6-4-13(5-7-14)8-9(2)11;/h9H,3-8,11H2,1-2H3,(H,12,15);1H. The third kappa shape index (κ3) is 5.01. The highest BCUT2D eigenvalue weighted by molar-refractivity contribution is 5.85. The third-order valence-electron chi connectivity index (χ3n) is 2.53. The molecule has 16 heavy (non-hydrogen) atoms. The summed E-state index contributed by atoms with van der Waals surface area (Å²) in [5.41, 5.74) is 5.73. The lowest BCUT2D eigenvalue weighted by Crippen LogP contribution is -2.53. The maximum Gasteiger partial charge on any atom is 0.317 e. The molecule has 1 aliphatic heterocycles. The Morgan fingerprint density at radius 3 is 2.38 bits per heavy atom. The van der Waals surface area contributed by atoms with Crippen LogP contribution in [0.3, 0.4) is 0 Å². The van der Waals surface area contributed by atoms with Gasteiger partial charge in [0.2, 0.25) is 0 Å². The van der Waals surface area contributed by atoms with Crippen molar-refractivity contribution in [3.63, 3.8) is 0 Å². The molecular formula is C10H23ClN4O. The van der Waals surface area contributed by atoms with Crippen LogP contribution in [0.5, 0.6) is 0 Å². The fourth-order valence-corrected chi connectivity index (χ4v) is 1.80. The van der Waals surface area contributed by atoms with E-state index in [1.54, 1.807) is 0 Å². The first-order chi connectivity index (χ1) is 7.13. The summed E-state index contributed by atoms with van der Waals surface area (Å²) in [6, 6.07) is 0.263. The zero-order valence-corrected chi connectivity index (χ0v) is 10.9. The minimum atomic E-state index is 0. The first-order valence-corrected chi connectivity index (χ1v) is 5.64. The zero-order chi connectivity index (χ0) is 11.3. The molecule has 1 atom stereocenters. The Kier molecular flexibility index (Phi) is 7.45. The largest absolute Gasteiger partial charge is 0.338 e. The molecule has 0 aromatic carbocycles. The van der Waals surface area contributed by atoms with Crippen LogP contribution in [-0.2, 0) is 0 Å². The molecule has 1 rings (SSSR count). The number of nitrogens with one attached hydrogen (secondary N) is 1. The Hall–Kier alpha value is -0.520. The van der Waals surface area contributed by atoms with E-state index in [1.807, 2.05) is 18.7 Å². The van der Waals surface area contributed by atoms with Crippen LogP contribution in [0.25, 0.3) is 0 Å². The van der Waals surface area contributed by atoms with Crippen molar-refractivity contribution < 1.29 is 4.79 Å². The van der Waals surface area contributed by atoms with Crippen LogP contribution in [-0.4, -0.2) is 61.1 Å². The number of amides is 2. The highest BCUT2D eigenvalue weighted by Crippen LogP contribution is 2.02. The minimum Gasteiger partial charge on any atom is -0.338 e. The first kappa shape index (κ1) is 15.5. The van der Waals surface area contributed by atoms with Crippen molar-refractivity contribution in [3.8, 4) is 0 Å². The summed E-state index contributed by atoms with van der Waals surface area (Å²) in [4.78, 5) is 15.7. The number of carbonyl (C=O) groups excluding carboxylic acids is 1. The molecule has 5 nitrogen and oxygen atoms in total. The predicted molar refractivity (Wildman–Crippen MR) is 68.0 cm³/mol. The molecule has 96 valence electrons. The fourth-order valence-electron chi connectivity index (χ4n) is 1.80. The monoisotopic (exact) mass is 250 g/mol. The average molecular weight is 251 g/mol. The van der Waals surface area contributed by atoms with Gasteiger partial charge in [-0.25, -0.2) is 4.79 Å². The lowest BCUT2D eigenvalue weighted by atomic mass is 10.2. The number of halogens is 1. The molecule has 0 radical (unpaired) electrons. The summed E-state index contributed by atoms with van der Waals surface area (Å²) in [5.74, 6) is 0. The normalized spacial score (nSPS) is 18.8. The van der Waals surface area contributed by atoms with Gasteiger partial charge in [-0.05, 0) is 13.8 Å². The van der Waals surface area contributed by atoms with E-state index in [2.05, 4.69) is 10.2 Å². The summed E-state index contributed by atoms with van der Waals surface area (Å²) in [5, 5.41) is 2.81. The molecule has 1 heterocycles. The van der Waals surface area contributed by atoms with Crippen LogP contribution in [0, 0.1) is 0 Å². The van der Waals surface area contributed by atoms with E-state index in [1.165, 1.54) is 0 Å². The molecular weight excluding hydrogens is 228 g/mol. The van der Waals surface area contributed by atoms with Gasteiger partial charge in [0.15, 0.2) is 0 Å². The van der Waals surface area contributed by atoms with Crippen LogP contribution in [0.1, 0.15) is 13.8 Å². The van der Waals surface area contributed by atoms with Gasteiger partial charge in [-0.1, -0.05) is 0 Å². The predicted octanol–water partition coefficient (Wildman–Crippen LogP) is 0.103. The minimum absolute atomic E-state index is 0. The van der Waals surface area contributed by atoms with E-state index < -0.39 is 0 Å². The van der Waals surface area contributed by atoms with Gasteiger partial charge in [-0.3, -0.25) is 4.90 Å². The summed E-state index contributed by atoms with van der Waals surface area (Å²) >= 11 is 0. The van der Waals surface area contributed by atoms with Gasteiger partial charge in [0, 0.05) is 45.3 Å². The Morgan fingerprint density at radius 2 is 1.94 bits per heavy atom. The van der Waals surface area contributed by atoms with E-state index in [-0.39, 0.29) is 24.5 Å². The molecule has 3 N–H and O–H groups in total. The number of nitrogens with two attached hydrogens (primary N) is 1. The zero-order valence-electron chi connectivity index (χ0n) is 10.1. The van der Waals surface area contributed by atoms with Gasteiger partial charge in [-0.15, -0.1) is 12.4 Å². The quantitative estimate of drug-likeness (QED) is 0.747. The molecule has 6 heteroatoms. The van der Waals surface area contributed by atoms with Crippen LogP contribution in [0.15, 0.2) is 0 Å². The lowest BCUT2D eigenvalue weighted by Gasteiger charge is -2.35. The van der Waals surface area contributed by atoms with Crippen molar-refractivity contribution in [2.45, 2.75) is 19.9 Å². The molecule has 0 spiro atoms. The van der Waals surface area contributed by atoms with E-state index >= 15 is 0 Å². The molecule has 0 saturated carbocycles. The van der Waals surface area contributed by atoms with Crippen LogP contribution in [0.2, 0.25) is 0 Å². The molecule has 1 saturated heterocycles. The van der Waals surface area contributed by atoms with Crippen molar-refractivity contribution in [2.24, 2.45) is 5.73 Å². The van der Waals surface area contributed by atoms with E-state index in [0.717, 1.165) is 32.7 Å². The second kappa shape index (κ2) is 7.70. The topological polar surface area (TPSA) is 61.6 Å². The van der Waals surface area contributed by atoms with Gasteiger partial charge >= 0.3 is 6.03 Å². The van der Waals surface area contributed by atoms with Crippen molar-refractivity contribution >= 4 is 18.4 Å².